The van der Waals surface area contributed by atoms with E-state index in [-0.39, 0.29) is 0 Å². The lowest BCUT2D eigenvalue weighted by Gasteiger charge is -2.40. The van der Waals surface area contributed by atoms with Crippen molar-refractivity contribution in [1.82, 2.24) is 10.0 Å². The van der Waals surface area contributed by atoms with Gasteiger partial charge in [0.05, 0.1) is 12.1 Å². The van der Waals surface area contributed by atoms with Crippen LogP contribution in [-0.4, -0.2) is 42.0 Å². The quantitative estimate of drug-likeness (QED) is 0.788. The first kappa shape index (κ1) is 13.8. The highest BCUT2D eigenvalue weighted by Crippen LogP contribution is 2.18. The maximum atomic E-state index is 13.5. The van der Waals surface area contributed by atoms with Crippen LogP contribution in [0.5, 0.6) is 0 Å². The van der Waals surface area contributed by atoms with Gasteiger partial charge in [-0.25, -0.2) is 22.6 Å². The molecule has 0 aliphatic carbocycles. The molecule has 1 saturated heterocycles. The van der Waals surface area contributed by atoms with E-state index in [1.54, 1.807) is 0 Å². The van der Waals surface area contributed by atoms with Crippen molar-refractivity contribution in [3.8, 4) is 0 Å². The van der Waals surface area contributed by atoms with E-state index in [0.29, 0.717) is 13.1 Å². The second-order valence-corrected chi connectivity index (χ2v) is 4.21. The monoisotopic (exact) mass is 276 g/mol. The first-order chi connectivity index (χ1) is 8.99. The van der Waals surface area contributed by atoms with E-state index < -0.39 is 36.1 Å². The summed E-state index contributed by atoms with van der Waals surface area (Å²) in [7, 11) is 0. The van der Waals surface area contributed by atoms with E-state index in [9.17, 15) is 22.4 Å². The molecule has 1 heterocycles. The summed E-state index contributed by atoms with van der Waals surface area (Å²) in [6.07, 6.45) is -1.96. The van der Waals surface area contributed by atoms with Gasteiger partial charge in [0.25, 0.3) is 12.3 Å². The highest BCUT2D eigenvalue weighted by Gasteiger charge is 2.30. The molecule has 104 valence electrons. The Morgan fingerprint density at radius 2 is 2.00 bits per heavy atom. The molecule has 7 heteroatoms. The summed E-state index contributed by atoms with van der Waals surface area (Å²) in [5.41, 5.74) is -0.535. The van der Waals surface area contributed by atoms with Gasteiger partial charge in [-0.2, -0.15) is 0 Å². The van der Waals surface area contributed by atoms with Crippen molar-refractivity contribution in [3.63, 3.8) is 0 Å². The first-order valence-corrected chi connectivity index (χ1v) is 5.79. The minimum absolute atomic E-state index is 0.454. The highest BCUT2D eigenvalue weighted by molar-refractivity contribution is 5.94. The van der Waals surface area contributed by atoms with Crippen LogP contribution in [0.25, 0.3) is 0 Å². The molecule has 1 fully saturated rings. The van der Waals surface area contributed by atoms with E-state index in [1.165, 1.54) is 5.01 Å². The molecule has 2 rings (SSSR count). The minimum Gasteiger partial charge on any atom is -0.267 e. The molecule has 19 heavy (non-hydrogen) atoms. The van der Waals surface area contributed by atoms with Crippen LogP contribution in [0, 0.1) is 11.6 Å². The molecule has 0 radical (unpaired) electrons. The van der Waals surface area contributed by atoms with Gasteiger partial charge in [0, 0.05) is 13.1 Å². The summed E-state index contributed by atoms with van der Waals surface area (Å²) in [6.45, 7) is 0.0829. The molecule has 1 aromatic carbocycles. The normalized spacial score (nSPS) is 15.4. The molecular weight excluding hydrogens is 264 g/mol. The number of alkyl halides is 2. The maximum Gasteiger partial charge on any atom is 0.271 e. The molecule has 1 amide bonds. The predicted octanol–water partition coefficient (Wildman–Crippen LogP) is 2.29. The van der Waals surface area contributed by atoms with Crippen molar-refractivity contribution < 1.29 is 22.4 Å². The van der Waals surface area contributed by atoms with Crippen molar-refractivity contribution in [2.24, 2.45) is 0 Å². The maximum absolute atomic E-state index is 13.5. The number of nitrogens with zero attached hydrogens (tertiary/aromatic N) is 2. The van der Waals surface area contributed by atoms with Gasteiger partial charge in [0.2, 0.25) is 0 Å². The highest BCUT2D eigenvalue weighted by atomic mass is 19.3. The molecule has 0 N–H and O–H groups in total. The number of benzene rings is 1. The lowest BCUT2D eigenvalue weighted by Crippen LogP contribution is -2.54. The van der Waals surface area contributed by atoms with Gasteiger partial charge < -0.3 is 0 Å². The van der Waals surface area contributed by atoms with Gasteiger partial charge >= 0.3 is 0 Å². The Labute approximate surface area is 107 Å². The zero-order chi connectivity index (χ0) is 14.0. The Balaban J connectivity index is 2.24. The van der Waals surface area contributed by atoms with Gasteiger partial charge in [-0.3, -0.25) is 9.80 Å². The zero-order valence-corrected chi connectivity index (χ0v) is 9.95. The van der Waals surface area contributed by atoms with E-state index in [2.05, 4.69) is 0 Å². The molecule has 3 nitrogen and oxygen atoms in total. The van der Waals surface area contributed by atoms with Crippen LogP contribution in [0.15, 0.2) is 18.2 Å². The smallest absolute Gasteiger partial charge is 0.267 e. The van der Waals surface area contributed by atoms with Gasteiger partial charge in [-0.1, -0.05) is 0 Å². The molecule has 0 saturated carbocycles. The van der Waals surface area contributed by atoms with Crippen LogP contribution in [0.4, 0.5) is 17.6 Å². The Morgan fingerprint density at radius 3 is 2.53 bits per heavy atom. The van der Waals surface area contributed by atoms with Gasteiger partial charge in [0.15, 0.2) is 0 Å². The van der Waals surface area contributed by atoms with Crippen molar-refractivity contribution in [2.45, 2.75) is 12.8 Å². The topological polar surface area (TPSA) is 23.6 Å². The van der Waals surface area contributed by atoms with Crippen molar-refractivity contribution >= 4 is 5.91 Å². The molecule has 0 aromatic heterocycles. The Bertz CT molecular complexity index is 477. The van der Waals surface area contributed by atoms with Gasteiger partial charge in [0.1, 0.15) is 11.6 Å². The number of hydrogen-bond donors (Lipinski definition) is 0. The Kier molecular flexibility index (Phi) is 4.04. The number of amides is 1. The van der Waals surface area contributed by atoms with Crippen LogP contribution in [0.3, 0.4) is 0 Å². The third-order valence-electron chi connectivity index (χ3n) is 2.88. The molecule has 0 bridgehead atoms. The van der Waals surface area contributed by atoms with E-state index >= 15 is 0 Å². The molecule has 1 aromatic rings. The third kappa shape index (κ3) is 3.04. The van der Waals surface area contributed by atoms with Crippen LogP contribution in [0.1, 0.15) is 16.8 Å². The largest absolute Gasteiger partial charge is 0.271 e. The van der Waals surface area contributed by atoms with Crippen LogP contribution < -0.4 is 0 Å². The average Bonchev–Trinajstić information content (AvgIpc) is 2.28. The average molecular weight is 276 g/mol. The van der Waals surface area contributed by atoms with Crippen LogP contribution in [0.2, 0.25) is 0 Å². The molecular formula is C12H12F4N2O. The second kappa shape index (κ2) is 5.56. The Morgan fingerprint density at radius 1 is 1.32 bits per heavy atom. The zero-order valence-electron chi connectivity index (χ0n) is 9.95. The first-order valence-electron chi connectivity index (χ1n) is 5.79. The number of carbonyl (C=O) groups is 1. The van der Waals surface area contributed by atoms with E-state index in [4.69, 9.17) is 0 Å². The molecule has 0 spiro atoms. The summed E-state index contributed by atoms with van der Waals surface area (Å²) < 4.78 is 51.5. The number of hydrogen-bond acceptors (Lipinski definition) is 2. The standard InChI is InChI=1S/C12H12F4N2O/c13-8-2-3-10(14)9(6-8)12(19)18(7-11(15)16)17-4-1-5-17/h2-3,6,11H,1,4-5,7H2. The molecule has 0 unspecified atom stereocenters. The summed E-state index contributed by atoms with van der Waals surface area (Å²) in [4.78, 5) is 12.0. The van der Waals surface area contributed by atoms with Crippen LogP contribution >= 0.6 is 0 Å². The summed E-state index contributed by atoms with van der Waals surface area (Å²) in [5, 5.41) is 2.19. The molecule has 1 aliphatic rings. The Hall–Kier alpha value is -1.63. The SMILES string of the molecule is O=C(c1cc(F)ccc1F)N(CC(F)F)N1CCC1. The van der Waals surface area contributed by atoms with Crippen molar-refractivity contribution in [3.05, 3.63) is 35.4 Å². The molecule has 1 aliphatic heterocycles. The summed E-state index contributed by atoms with van der Waals surface area (Å²) in [6, 6.07) is 2.39. The second-order valence-electron chi connectivity index (χ2n) is 4.21. The number of hydrazine groups is 1. The fourth-order valence-corrected chi connectivity index (χ4v) is 1.80. The van der Waals surface area contributed by atoms with Crippen molar-refractivity contribution in [1.29, 1.82) is 0 Å². The van der Waals surface area contributed by atoms with Gasteiger partial charge in [-0.05, 0) is 24.6 Å². The van der Waals surface area contributed by atoms with E-state index in [1.807, 2.05) is 0 Å². The summed E-state index contributed by atoms with van der Waals surface area (Å²) in [5.74, 6) is -2.66. The minimum atomic E-state index is -2.74. The van der Waals surface area contributed by atoms with Gasteiger partial charge in [-0.15, -0.1) is 0 Å². The molecule has 0 atom stereocenters. The van der Waals surface area contributed by atoms with E-state index in [0.717, 1.165) is 29.6 Å². The van der Waals surface area contributed by atoms with Crippen LogP contribution in [-0.2, 0) is 0 Å². The predicted molar refractivity (Wildman–Crippen MR) is 59.6 cm³/mol. The number of halogens is 4. The number of carbonyl (C=O) groups excluding carboxylic acids is 1. The lowest BCUT2D eigenvalue weighted by molar-refractivity contribution is -0.0726. The fraction of sp³-hybridized carbons (Fsp3) is 0.417. The lowest BCUT2D eigenvalue weighted by atomic mass is 10.1. The van der Waals surface area contributed by atoms with Crippen molar-refractivity contribution in [2.75, 3.05) is 19.6 Å². The number of rotatable bonds is 4. The third-order valence-corrected chi connectivity index (χ3v) is 2.88. The fourth-order valence-electron chi connectivity index (χ4n) is 1.80. The summed E-state index contributed by atoms with van der Waals surface area (Å²) >= 11 is 0.